The Morgan fingerprint density at radius 1 is 1.39 bits per heavy atom. The average Bonchev–Trinajstić information content (AvgIpc) is 2.64. The van der Waals surface area contributed by atoms with Crippen molar-refractivity contribution in [3.8, 4) is 5.75 Å². The number of aromatic nitrogens is 1. The molecule has 1 aromatic carbocycles. The molecule has 0 amide bonds. The lowest BCUT2D eigenvalue weighted by atomic mass is 10.1. The Labute approximate surface area is 112 Å². The Hall–Kier alpha value is -1.19. The van der Waals surface area contributed by atoms with Gasteiger partial charge in [0.15, 0.2) is 0 Å². The van der Waals surface area contributed by atoms with E-state index in [9.17, 15) is 0 Å². The van der Waals surface area contributed by atoms with Gasteiger partial charge in [-0.2, -0.15) is 0 Å². The first-order valence-electron chi connectivity index (χ1n) is 6.16. The van der Waals surface area contributed by atoms with Gasteiger partial charge in [-0.15, -0.1) is 0 Å². The molecule has 2 N–H and O–H groups in total. The normalized spacial score (nSPS) is 11.1. The van der Waals surface area contributed by atoms with Crippen molar-refractivity contribution in [2.24, 2.45) is 0 Å². The van der Waals surface area contributed by atoms with Gasteiger partial charge >= 0.3 is 0 Å². The number of hydrogen-bond acceptors (Lipinski definition) is 2. The highest BCUT2D eigenvalue weighted by molar-refractivity contribution is 6.32. The maximum Gasteiger partial charge on any atom is 0.138 e. The molecule has 0 spiro atoms. The quantitative estimate of drug-likeness (QED) is 0.815. The number of fused-ring (bicyclic) bond motifs is 1. The van der Waals surface area contributed by atoms with Gasteiger partial charge in [0.25, 0.3) is 0 Å². The summed E-state index contributed by atoms with van der Waals surface area (Å²) in [5, 5.41) is 5.03. The smallest absolute Gasteiger partial charge is 0.138 e. The first-order chi connectivity index (χ1) is 8.67. The van der Waals surface area contributed by atoms with E-state index < -0.39 is 0 Å². The van der Waals surface area contributed by atoms with Crippen molar-refractivity contribution in [1.29, 1.82) is 0 Å². The molecule has 2 rings (SSSR count). The van der Waals surface area contributed by atoms with E-state index in [0.29, 0.717) is 5.02 Å². The molecule has 0 atom stereocenters. The zero-order valence-electron chi connectivity index (χ0n) is 11.1. The molecular weight excluding hydrogens is 248 g/mol. The lowest BCUT2D eigenvalue weighted by Gasteiger charge is -2.05. The minimum Gasteiger partial charge on any atom is -0.495 e. The number of H-pyrrole nitrogens is 1. The highest BCUT2D eigenvalue weighted by atomic mass is 35.5. The fraction of sp³-hybridized carbons (Fsp3) is 0.429. The van der Waals surface area contributed by atoms with Gasteiger partial charge in [0.05, 0.1) is 12.1 Å². The standard InChI is InChI=1S/C14H19ClN2O/c1-9-10(5-4-6-16-2)11-7-14(18-3)12(15)8-13(11)17-9/h7-8,16-17H,4-6H2,1-3H3. The zero-order chi connectivity index (χ0) is 13.1. The molecule has 18 heavy (non-hydrogen) atoms. The van der Waals surface area contributed by atoms with Crippen molar-refractivity contribution in [3.05, 3.63) is 28.4 Å². The van der Waals surface area contributed by atoms with Gasteiger partial charge in [-0.25, -0.2) is 0 Å². The van der Waals surface area contributed by atoms with Crippen LogP contribution in [0.1, 0.15) is 17.7 Å². The van der Waals surface area contributed by atoms with Crippen molar-refractivity contribution >= 4 is 22.5 Å². The molecule has 3 nitrogen and oxygen atoms in total. The molecule has 2 aromatic rings. The monoisotopic (exact) mass is 266 g/mol. The largest absolute Gasteiger partial charge is 0.495 e. The summed E-state index contributed by atoms with van der Waals surface area (Å²) >= 11 is 6.14. The first-order valence-corrected chi connectivity index (χ1v) is 6.54. The Morgan fingerprint density at radius 2 is 2.17 bits per heavy atom. The number of halogens is 1. The van der Waals surface area contributed by atoms with Gasteiger partial charge in [-0.05, 0) is 51.1 Å². The molecule has 98 valence electrons. The van der Waals surface area contributed by atoms with Crippen LogP contribution in [-0.2, 0) is 6.42 Å². The number of ether oxygens (including phenoxy) is 1. The van der Waals surface area contributed by atoms with E-state index in [1.54, 1.807) is 7.11 Å². The Kier molecular flexibility index (Phi) is 4.15. The third-order valence-electron chi connectivity index (χ3n) is 3.25. The van der Waals surface area contributed by atoms with E-state index in [4.69, 9.17) is 16.3 Å². The Morgan fingerprint density at radius 3 is 2.83 bits per heavy atom. The molecule has 0 bridgehead atoms. The minimum absolute atomic E-state index is 0.646. The maximum absolute atomic E-state index is 6.14. The van der Waals surface area contributed by atoms with Crippen molar-refractivity contribution in [3.63, 3.8) is 0 Å². The molecule has 0 radical (unpaired) electrons. The van der Waals surface area contributed by atoms with Gasteiger partial charge in [0.2, 0.25) is 0 Å². The predicted octanol–water partition coefficient (Wildman–Crippen LogP) is 3.29. The van der Waals surface area contributed by atoms with Crippen LogP contribution in [0.4, 0.5) is 0 Å². The van der Waals surface area contributed by atoms with Crippen molar-refractivity contribution in [1.82, 2.24) is 10.3 Å². The second-order valence-electron chi connectivity index (χ2n) is 4.47. The molecule has 0 saturated carbocycles. The summed E-state index contributed by atoms with van der Waals surface area (Å²) in [6.45, 7) is 3.13. The van der Waals surface area contributed by atoms with Crippen LogP contribution in [0.25, 0.3) is 10.9 Å². The van der Waals surface area contributed by atoms with Crippen LogP contribution in [0.3, 0.4) is 0 Å². The van der Waals surface area contributed by atoms with Crippen LogP contribution in [0.5, 0.6) is 5.75 Å². The lowest BCUT2D eigenvalue weighted by Crippen LogP contribution is -2.08. The van der Waals surface area contributed by atoms with E-state index in [1.807, 2.05) is 19.2 Å². The second kappa shape index (κ2) is 5.63. The second-order valence-corrected chi connectivity index (χ2v) is 4.88. The highest BCUT2D eigenvalue weighted by Crippen LogP contribution is 2.33. The zero-order valence-corrected chi connectivity index (χ0v) is 11.8. The molecule has 0 aliphatic rings. The predicted molar refractivity (Wildman–Crippen MR) is 76.8 cm³/mol. The lowest BCUT2D eigenvalue weighted by molar-refractivity contribution is 0.415. The number of methoxy groups -OCH3 is 1. The van der Waals surface area contributed by atoms with Gasteiger partial charge in [-0.1, -0.05) is 11.6 Å². The molecule has 0 unspecified atom stereocenters. The van der Waals surface area contributed by atoms with Gasteiger partial charge in [0.1, 0.15) is 5.75 Å². The molecule has 1 aromatic heterocycles. The molecule has 0 aliphatic carbocycles. The molecule has 1 heterocycles. The number of hydrogen-bond donors (Lipinski definition) is 2. The van der Waals surface area contributed by atoms with E-state index >= 15 is 0 Å². The van der Waals surface area contributed by atoms with E-state index in [-0.39, 0.29) is 0 Å². The summed E-state index contributed by atoms with van der Waals surface area (Å²) < 4.78 is 5.28. The summed E-state index contributed by atoms with van der Waals surface area (Å²) in [5.41, 5.74) is 3.65. The van der Waals surface area contributed by atoms with Crippen LogP contribution < -0.4 is 10.1 Å². The number of aryl methyl sites for hydroxylation is 2. The summed E-state index contributed by atoms with van der Waals surface area (Å²) in [7, 11) is 3.62. The summed E-state index contributed by atoms with van der Waals surface area (Å²) in [6.07, 6.45) is 2.17. The Balaban J connectivity index is 2.41. The fourth-order valence-corrected chi connectivity index (χ4v) is 2.55. The number of nitrogens with one attached hydrogen (secondary N) is 2. The minimum atomic E-state index is 0.646. The number of benzene rings is 1. The topological polar surface area (TPSA) is 37.0 Å². The molecule has 0 aliphatic heterocycles. The summed E-state index contributed by atoms with van der Waals surface area (Å²) in [4.78, 5) is 3.39. The van der Waals surface area contributed by atoms with E-state index in [2.05, 4.69) is 17.2 Å². The number of rotatable bonds is 5. The number of aromatic amines is 1. The van der Waals surface area contributed by atoms with Crippen LogP contribution in [0, 0.1) is 6.92 Å². The molecule has 4 heteroatoms. The third kappa shape index (κ3) is 2.47. The maximum atomic E-state index is 6.14. The fourth-order valence-electron chi connectivity index (χ4n) is 2.31. The molecule has 0 fully saturated rings. The van der Waals surface area contributed by atoms with E-state index in [0.717, 1.165) is 30.7 Å². The summed E-state index contributed by atoms with van der Waals surface area (Å²) in [6, 6.07) is 3.96. The van der Waals surface area contributed by atoms with Crippen LogP contribution >= 0.6 is 11.6 Å². The average molecular weight is 267 g/mol. The summed E-state index contributed by atoms with van der Waals surface area (Å²) in [5.74, 6) is 0.734. The van der Waals surface area contributed by atoms with Gasteiger partial charge < -0.3 is 15.0 Å². The van der Waals surface area contributed by atoms with Crippen LogP contribution in [0.2, 0.25) is 5.02 Å². The van der Waals surface area contributed by atoms with E-state index in [1.165, 1.54) is 16.6 Å². The van der Waals surface area contributed by atoms with Gasteiger partial charge in [0, 0.05) is 16.6 Å². The SMILES string of the molecule is CNCCCc1c(C)[nH]c2cc(Cl)c(OC)cc12. The van der Waals surface area contributed by atoms with Crippen molar-refractivity contribution < 1.29 is 4.74 Å². The Bertz CT molecular complexity index is 548. The first kappa shape index (κ1) is 13.2. The van der Waals surface area contributed by atoms with Crippen LogP contribution in [-0.4, -0.2) is 25.7 Å². The third-order valence-corrected chi connectivity index (χ3v) is 3.54. The van der Waals surface area contributed by atoms with Gasteiger partial charge in [-0.3, -0.25) is 0 Å². The van der Waals surface area contributed by atoms with Crippen molar-refractivity contribution in [2.75, 3.05) is 20.7 Å². The van der Waals surface area contributed by atoms with Crippen LogP contribution in [0.15, 0.2) is 12.1 Å². The molecular formula is C14H19ClN2O. The highest BCUT2D eigenvalue weighted by Gasteiger charge is 2.11. The van der Waals surface area contributed by atoms with Crippen molar-refractivity contribution in [2.45, 2.75) is 19.8 Å². The molecule has 0 saturated heterocycles.